The van der Waals surface area contributed by atoms with E-state index < -0.39 is 0 Å². The van der Waals surface area contributed by atoms with Crippen molar-refractivity contribution < 1.29 is 0 Å². The molecule has 1 heteroatoms. The van der Waals surface area contributed by atoms with Crippen molar-refractivity contribution in [3.05, 3.63) is 126 Å². The van der Waals surface area contributed by atoms with Gasteiger partial charge in [-0.3, -0.25) is 0 Å². The molecule has 1 unspecified atom stereocenters. The van der Waals surface area contributed by atoms with Gasteiger partial charge in [-0.25, -0.2) is 0 Å². The summed E-state index contributed by atoms with van der Waals surface area (Å²) in [7, 11) is 0. The zero-order chi connectivity index (χ0) is 22.6. The zero-order valence-corrected chi connectivity index (χ0v) is 19.6. The van der Waals surface area contributed by atoms with Crippen molar-refractivity contribution in [3.63, 3.8) is 0 Å². The van der Waals surface area contributed by atoms with Gasteiger partial charge in [0, 0.05) is 11.4 Å². The number of anilines is 1. The average molecular weight is 422 g/mol. The van der Waals surface area contributed by atoms with Gasteiger partial charge in [0.1, 0.15) is 0 Å². The fourth-order valence-corrected chi connectivity index (χ4v) is 3.70. The van der Waals surface area contributed by atoms with Gasteiger partial charge in [-0.15, -0.1) is 0 Å². The number of allylic oxidation sites excluding steroid dienone is 11. The number of rotatable bonds is 9. The topological polar surface area (TPSA) is 12.0 Å². The van der Waals surface area contributed by atoms with Crippen LogP contribution in [-0.2, 0) is 0 Å². The molecule has 0 heterocycles. The first kappa shape index (κ1) is 23.3. The van der Waals surface area contributed by atoms with E-state index >= 15 is 0 Å². The lowest BCUT2D eigenvalue weighted by Crippen LogP contribution is -1.97. The van der Waals surface area contributed by atoms with Crippen LogP contribution in [0.5, 0.6) is 0 Å². The molecule has 0 spiro atoms. The third-order valence-corrected chi connectivity index (χ3v) is 5.74. The van der Waals surface area contributed by atoms with Crippen molar-refractivity contribution in [2.45, 2.75) is 40.0 Å². The van der Waals surface area contributed by atoms with Gasteiger partial charge in [-0.2, -0.15) is 0 Å². The van der Waals surface area contributed by atoms with E-state index in [1.54, 1.807) is 5.57 Å². The number of hydrogen-bond donors (Lipinski definition) is 1. The van der Waals surface area contributed by atoms with Crippen molar-refractivity contribution in [2.75, 3.05) is 5.32 Å². The van der Waals surface area contributed by atoms with Crippen molar-refractivity contribution >= 4 is 5.69 Å². The summed E-state index contributed by atoms with van der Waals surface area (Å²) in [6, 6.07) is 19.0. The lowest BCUT2D eigenvalue weighted by molar-refractivity contribution is 0.903. The molecule has 1 atom stereocenters. The van der Waals surface area contributed by atoms with Crippen LogP contribution in [0.4, 0.5) is 5.69 Å². The molecule has 0 radical (unpaired) electrons. The van der Waals surface area contributed by atoms with Crippen LogP contribution in [0.2, 0.25) is 0 Å². The molecule has 2 aromatic carbocycles. The second kappa shape index (κ2) is 12.5. The summed E-state index contributed by atoms with van der Waals surface area (Å²) in [5, 5.41) is 3.51. The highest BCUT2D eigenvalue weighted by molar-refractivity contribution is 5.66. The van der Waals surface area contributed by atoms with Crippen LogP contribution < -0.4 is 5.32 Å². The normalized spacial score (nSPS) is 15.9. The Hall–Kier alpha value is -3.32. The minimum absolute atomic E-state index is 0.371. The van der Waals surface area contributed by atoms with Crippen LogP contribution in [0.15, 0.2) is 126 Å². The van der Waals surface area contributed by atoms with Gasteiger partial charge in [-0.05, 0) is 68.4 Å². The molecule has 0 aromatic heterocycles. The van der Waals surface area contributed by atoms with Crippen LogP contribution in [0.3, 0.4) is 0 Å². The van der Waals surface area contributed by atoms with Gasteiger partial charge >= 0.3 is 0 Å². The summed E-state index contributed by atoms with van der Waals surface area (Å²) in [4.78, 5) is 0. The molecule has 1 N–H and O–H groups in total. The Morgan fingerprint density at radius 3 is 2.44 bits per heavy atom. The Morgan fingerprint density at radius 2 is 1.72 bits per heavy atom. The van der Waals surface area contributed by atoms with Crippen LogP contribution in [0, 0.1) is 5.92 Å². The predicted molar refractivity (Wildman–Crippen MR) is 142 cm³/mol. The molecule has 2 aromatic rings. The summed E-state index contributed by atoms with van der Waals surface area (Å²) in [6.07, 6.45) is 23.3. The SMILES string of the molecule is C/C=C(\C=C/C(C)/C=C/C=C\CC1=C(C)C=CCC1)Nc1ccc(-c2ccccc2)cc1. The van der Waals surface area contributed by atoms with Gasteiger partial charge in [0.2, 0.25) is 0 Å². The fourth-order valence-electron chi connectivity index (χ4n) is 3.70. The molecule has 32 heavy (non-hydrogen) atoms. The Morgan fingerprint density at radius 1 is 0.969 bits per heavy atom. The summed E-state index contributed by atoms with van der Waals surface area (Å²) in [5.41, 5.74) is 7.65. The van der Waals surface area contributed by atoms with E-state index in [2.05, 4.69) is 129 Å². The molecule has 0 bridgehead atoms. The molecule has 3 rings (SSSR count). The molecule has 0 saturated heterocycles. The van der Waals surface area contributed by atoms with Gasteiger partial charge in [0.05, 0.1) is 0 Å². The first-order valence-electron chi connectivity index (χ1n) is 11.6. The molecule has 164 valence electrons. The molecular formula is C31H35N. The molecule has 0 aliphatic heterocycles. The Kier molecular flexibility index (Phi) is 9.13. The Balaban J connectivity index is 1.49. The maximum Gasteiger partial charge on any atom is 0.0384 e. The summed E-state index contributed by atoms with van der Waals surface area (Å²) in [5.74, 6) is 0.371. The first-order valence-corrected chi connectivity index (χ1v) is 11.6. The van der Waals surface area contributed by atoms with Crippen molar-refractivity contribution in [1.82, 2.24) is 0 Å². The molecule has 0 saturated carbocycles. The third kappa shape index (κ3) is 7.42. The first-order chi connectivity index (χ1) is 15.7. The predicted octanol–water partition coefficient (Wildman–Crippen LogP) is 9.03. The summed E-state index contributed by atoms with van der Waals surface area (Å²) >= 11 is 0. The van der Waals surface area contributed by atoms with Gasteiger partial charge in [0.25, 0.3) is 0 Å². The third-order valence-electron chi connectivity index (χ3n) is 5.74. The summed E-state index contributed by atoms with van der Waals surface area (Å²) in [6.45, 7) is 6.48. The zero-order valence-electron chi connectivity index (χ0n) is 19.6. The van der Waals surface area contributed by atoms with E-state index in [1.807, 2.05) is 6.07 Å². The quantitative estimate of drug-likeness (QED) is 0.398. The van der Waals surface area contributed by atoms with Crippen LogP contribution in [0.1, 0.15) is 40.0 Å². The molecule has 1 aliphatic rings. The number of benzene rings is 2. The van der Waals surface area contributed by atoms with Gasteiger partial charge in [-0.1, -0.05) is 109 Å². The van der Waals surface area contributed by atoms with E-state index in [0.717, 1.165) is 17.8 Å². The monoisotopic (exact) mass is 421 g/mol. The Labute approximate surface area is 194 Å². The molecule has 0 amide bonds. The maximum absolute atomic E-state index is 3.51. The highest BCUT2D eigenvalue weighted by Gasteiger charge is 2.02. The largest absolute Gasteiger partial charge is 0.356 e. The second-order valence-electron chi connectivity index (χ2n) is 8.28. The molecule has 1 aliphatic carbocycles. The standard InChI is InChI=1S/C31H35N/c1-4-30(32-31-23-20-29(21-24-31)28-17-9-6-10-18-28)22-19-25(2)13-7-5-8-15-27-16-12-11-14-26(27)3/h4-11,13-14,17-25,32H,12,15-16H2,1-3H3/b8-5-,13-7+,22-19-,30-4+. The van der Waals surface area contributed by atoms with E-state index in [9.17, 15) is 0 Å². The molecular weight excluding hydrogens is 386 g/mol. The van der Waals surface area contributed by atoms with Crippen LogP contribution in [-0.4, -0.2) is 0 Å². The van der Waals surface area contributed by atoms with Crippen LogP contribution in [0.25, 0.3) is 11.1 Å². The van der Waals surface area contributed by atoms with E-state index in [0.29, 0.717) is 5.92 Å². The van der Waals surface area contributed by atoms with E-state index in [4.69, 9.17) is 0 Å². The maximum atomic E-state index is 3.51. The second-order valence-corrected chi connectivity index (χ2v) is 8.28. The van der Waals surface area contributed by atoms with E-state index in [-0.39, 0.29) is 0 Å². The summed E-state index contributed by atoms with van der Waals surface area (Å²) < 4.78 is 0. The molecule has 0 fully saturated rings. The lowest BCUT2D eigenvalue weighted by atomic mass is 9.96. The van der Waals surface area contributed by atoms with Crippen molar-refractivity contribution in [2.24, 2.45) is 5.92 Å². The van der Waals surface area contributed by atoms with E-state index in [1.165, 1.54) is 29.5 Å². The highest BCUT2D eigenvalue weighted by atomic mass is 14.9. The fraction of sp³-hybridized carbons (Fsp3) is 0.226. The Bertz CT molecular complexity index is 1030. The van der Waals surface area contributed by atoms with Crippen molar-refractivity contribution in [1.29, 1.82) is 0 Å². The number of nitrogens with one attached hydrogen (secondary N) is 1. The minimum atomic E-state index is 0.371. The van der Waals surface area contributed by atoms with Crippen LogP contribution >= 0.6 is 0 Å². The van der Waals surface area contributed by atoms with Crippen molar-refractivity contribution in [3.8, 4) is 11.1 Å². The van der Waals surface area contributed by atoms with Gasteiger partial charge in [0.15, 0.2) is 0 Å². The highest BCUT2D eigenvalue weighted by Crippen LogP contribution is 2.23. The lowest BCUT2D eigenvalue weighted by Gasteiger charge is -2.10. The molecule has 1 nitrogen and oxygen atoms in total. The number of hydrogen-bond acceptors (Lipinski definition) is 1. The van der Waals surface area contributed by atoms with Gasteiger partial charge < -0.3 is 5.32 Å². The average Bonchev–Trinajstić information content (AvgIpc) is 2.83. The minimum Gasteiger partial charge on any atom is -0.356 e. The smallest absolute Gasteiger partial charge is 0.0384 e.